The van der Waals surface area contributed by atoms with Gasteiger partial charge in [0.25, 0.3) is 9.05 Å². The van der Waals surface area contributed by atoms with Gasteiger partial charge in [-0.05, 0) is 11.5 Å². The van der Waals surface area contributed by atoms with Gasteiger partial charge in [-0.3, -0.25) is 4.79 Å². The third-order valence-electron chi connectivity index (χ3n) is 2.43. The van der Waals surface area contributed by atoms with Gasteiger partial charge in [0.05, 0.1) is 5.69 Å². The highest BCUT2D eigenvalue weighted by atomic mass is 35.7. The third-order valence-corrected chi connectivity index (χ3v) is 3.82. The molecule has 0 aromatic heterocycles. The van der Waals surface area contributed by atoms with Crippen LogP contribution in [-0.2, 0) is 13.8 Å². The molecule has 1 amide bonds. The topological polar surface area (TPSA) is 63.2 Å². The van der Waals surface area contributed by atoms with Crippen molar-refractivity contribution in [2.24, 2.45) is 0 Å². The van der Waals surface area contributed by atoms with Crippen molar-refractivity contribution in [2.75, 3.05) is 5.32 Å². The van der Waals surface area contributed by atoms with E-state index < -0.39 is 9.05 Å². The van der Waals surface area contributed by atoms with Crippen molar-refractivity contribution < 1.29 is 13.2 Å². The summed E-state index contributed by atoms with van der Waals surface area (Å²) in [5.74, 6) is -0.355. The molecule has 0 aliphatic rings. The van der Waals surface area contributed by atoms with Gasteiger partial charge in [0.2, 0.25) is 5.91 Å². The summed E-state index contributed by atoms with van der Waals surface area (Å²) >= 11 is 0. The summed E-state index contributed by atoms with van der Waals surface area (Å²) in [6.07, 6.45) is 0. The number of halogens is 1. The Hall–Kier alpha value is -1.59. The fourth-order valence-corrected chi connectivity index (χ4v) is 3.12. The highest BCUT2D eigenvalue weighted by Crippen LogP contribution is 2.32. The van der Waals surface area contributed by atoms with Gasteiger partial charge in [0, 0.05) is 23.0 Å². The molecule has 0 unspecified atom stereocenters. The quantitative estimate of drug-likeness (QED) is 0.862. The second kappa shape index (κ2) is 4.59. The largest absolute Gasteiger partial charge is 0.325 e. The zero-order chi connectivity index (χ0) is 13.3. The van der Waals surface area contributed by atoms with Crippen molar-refractivity contribution in [3.63, 3.8) is 0 Å². The van der Waals surface area contributed by atoms with E-state index in [2.05, 4.69) is 5.32 Å². The summed E-state index contributed by atoms with van der Waals surface area (Å²) in [6, 6.07) is 10.2. The molecule has 4 nitrogen and oxygen atoms in total. The second-order valence-electron chi connectivity index (χ2n) is 3.78. The number of hydrogen-bond donors (Lipinski definition) is 1. The second-order valence-corrected chi connectivity index (χ2v) is 6.29. The van der Waals surface area contributed by atoms with E-state index in [1.54, 1.807) is 30.3 Å². The molecule has 0 radical (unpaired) electrons. The SMILES string of the molecule is CC(=O)Nc1ccc2ccccc2c1S(=O)(=O)Cl. The molecule has 0 saturated carbocycles. The summed E-state index contributed by atoms with van der Waals surface area (Å²) in [5, 5.41) is 3.70. The monoisotopic (exact) mass is 283 g/mol. The fraction of sp³-hybridized carbons (Fsp3) is 0.0833. The Balaban J connectivity index is 2.84. The molecule has 0 spiro atoms. The fourth-order valence-electron chi connectivity index (χ4n) is 1.79. The Bertz CT molecular complexity index is 725. The molecule has 0 aliphatic heterocycles. The van der Waals surface area contributed by atoms with Crippen LogP contribution in [0.4, 0.5) is 5.69 Å². The van der Waals surface area contributed by atoms with Crippen LogP contribution in [0.5, 0.6) is 0 Å². The van der Waals surface area contributed by atoms with Gasteiger partial charge in [0.15, 0.2) is 0 Å². The number of hydrogen-bond acceptors (Lipinski definition) is 3. The van der Waals surface area contributed by atoms with Crippen molar-refractivity contribution in [2.45, 2.75) is 11.8 Å². The van der Waals surface area contributed by atoms with Crippen molar-refractivity contribution in [3.8, 4) is 0 Å². The van der Waals surface area contributed by atoms with Crippen LogP contribution >= 0.6 is 10.7 Å². The molecule has 0 aliphatic carbocycles. The summed E-state index contributed by atoms with van der Waals surface area (Å²) in [4.78, 5) is 11.0. The lowest BCUT2D eigenvalue weighted by molar-refractivity contribution is -0.114. The Kier molecular flexibility index (Phi) is 3.28. The van der Waals surface area contributed by atoms with Gasteiger partial charge in [-0.2, -0.15) is 0 Å². The number of carbonyl (C=O) groups is 1. The Labute approximate surface area is 109 Å². The Morgan fingerprint density at radius 1 is 1.17 bits per heavy atom. The smallest absolute Gasteiger partial charge is 0.263 e. The van der Waals surface area contributed by atoms with Crippen molar-refractivity contribution >= 4 is 42.1 Å². The van der Waals surface area contributed by atoms with Gasteiger partial charge in [-0.25, -0.2) is 8.42 Å². The van der Waals surface area contributed by atoms with Crippen molar-refractivity contribution in [1.29, 1.82) is 0 Å². The molecule has 18 heavy (non-hydrogen) atoms. The van der Waals surface area contributed by atoms with Crippen LogP contribution in [0.15, 0.2) is 41.3 Å². The lowest BCUT2D eigenvalue weighted by Gasteiger charge is -2.10. The van der Waals surface area contributed by atoms with E-state index in [0.717, 1.165) is 5.39 Å². The maximum absolute atomic E-state index is 11.7. The van der Waals surface area contributed by atoms with Crippen molar-refractivity contribution in [3.05, 3.63) is 36.4 Å². The number of fused-ring (bicyclic) bond motifs is 1. The maximum atomic E-state index is 11.7. The van der Waals surface area contributed by atoms with Gasteiger partial charge in [0.1, 0.15) is 4.90 Å². The summed E-state index contributed by atoms with van der Waals surface area (Å²) in [6.45, 7) is 1.31. The molecule has 1 N–H and O–H groups in total. The highest BCUT2D eigenvalue weighted by molar-refractivity contribution is 8.14. The minimum absolute atomic E-state index is 0.0718. The van der Waals surface area contributed by atoms with E-state index in [1.807, 2.05) is 0 Å². The minimum atomic E-state index is -3.95. The number of amides is 1. The number of nitrogens with one attached hydrogen (secondary N) is 1. The molecular formula is C12H10ClNO3S. The first-order chi connectivity index (χ1) is 8.39. The van der Waals surface area contributed by atoms with Gasteiger partial charge in [-0.1, -0.05) is 30.3 Å². The first kappa shape index (κ1) is 12.9. The minimum Gasteiger partial charge on any atom is -0.325 e. The molecule has 0 heterocycles. The van der Waals surface area contributed by atoms with Crippen LogP contribution in [0, 0.1) is 0 Å². The van der Waals surface area contributed by atoms with Crippen LogP contribution < -0.4 is 5.32 Å². The van der Waals surface area contributed by atoms with E-state index in [-0.39, 0.29) is 16.5 Å². The predicted molar refractivity (Wildman–Crippen MR) is 71.3 cm³/mol. The van der Waals surface area contributed by atoms with Crippen LogP contribution in [-0.4, -0.2) is 14.3 Å². The first-order valence-electron chi connectivity index (χ1n) is 5.13. The molecular weight excluding hydrogens is 274 g/mol. The highest BCUT2D eigenvalue weighted by Gasteiger charge is 2.19. The maximum Gasteiger partial charge on any atom is 0.263 e. The first-order valence-corrected chi connectivity index (χ1v) is 7.44. The third kappa shape index (κ3) is 2.47. The Morgan fingerprint density at radius 2 is 1.83 bits per heavy atom. The van der Waals surface area contributed by atoms with Gasteiger partial charge in [-0.15, -0.1) is 0 Å². The average molecular weight is 284 g/mol. The van der Waals surface area contributed by atoms with Crippen LogP contribution in [0.2, 0.25) is 0 Å². The predicted octanol–water partition coefficient (Wildman–Crippen LogP) is 2.73. The molecule has 0 atom stereocenters. The number of benzene rings is 2. The van der Waals surface area contributed by atoms with E-state index in [1.165, 1.54) is 13.0 Å². The zero-order valence-corrected chi connectivity index (χ0v) is 11.0. The lowest BCUT2D eigenvalue weighted by atomic mass is 10.1. The number of carbonyl (C=O) groups excluding carboxylic acids is 1. The molecule has 2 rings (SSSR count). The molecule has 0 bridgehead atoms. The van der Waals surface area contributed by atoms with Crippen LogP contribution in [0.25, 0.3) is 10.8 Å². The van der Waals surface area contributed by atoms with E-state index in [0.29, 0.717) is 5.39 Å². The summed E-state index contributed by atoms with van der Waals surface area (Å²) in [7, 11) is 1.50. The van der Waals surface area contributed by atoms with E-state index in [9.17, 15) is 13.2 Å². The molecule has 0 saturated heterocycles. The molecule has 0 fully saturated rings. The average Bonchev–Trinajstić information content (AvgIpc) is 2.26. The van der Waals surface area contributed by atoms with E-state index >= 15 is 0 Å². The van der Waals surface area contributed by atoms with E-state index in [4.69, 9.17) is 10.7 Å². The van der Waals surface area contributed by atoms with Gasteiger partial charge < -0.3 is 5.32 Å². The van der Waals surface area contributed by atoms with Gasteiger partial charge >= 0.3 is 0 Å². The summed E-state index contributed by atoms with van der Waals surface area (Å²) < 4.78 is 23.3. The lowest BCUT2D eigenvalue weighted by Crippen LogP contribution is -2.09. The number of rotatable bonds is 2. The van der Waals surface area contributed by atoms with Crippen molar-refractivity contribution in [1.82, 2.24) is 0 Å². The zero-order valence-electron chi connectivity index (χ0n) is 9.48. The summed E-state index contributed by atoms with van der Waals surface area (Å²) in [5.41, 5.74) is 0.191. The molecule has 6 heteroatoms. The number of anilines is 1. The van der Waals surface area contributed by atoms with Crippen LogP contribution in [0.3, 0.4) is 0 Å². The Morgan fingerprint density at radius 3 is 2.44 bits per heavy atom. The molecule has 2 aromatic rings. The molecule has 94 valence electrons. The standard InChI is InChI=1S/C12H10ClNO3S/c1-8(15)14-11-7-6-9-4-2-3-5-10(9)12(11)18(13,16)17/h2-7H,1H3,(H,14,15). The normalized spacial score (nSPS) is 11.4. The molecule has 2 aromatic carbocycles. The van der Waals surface area contributed by atoms with Crippen LogP contribution in [0.1, 0.15) is 6.92 Å².